The molecular formula is C18H20N4O5. The number of nitrogens with one attached hydrogen (secondary N) is 1. The van der Waals surface area contributed by atoms with Crippen LogP contribution in [0.25, 0.3) is 0 Å². The minimum Gasteiger partial charge on any atom is -0.335 e. The number of aromatic nitrogens is 1. The number of nitro groups is 1. The maximum absolute atomic E-state index is 12.3. The summed E-state index contributed by atoms with van der Waals surface area (Å²) in [5.74, 6) is -0.894. The molecule has 142 valence electrons. The number of aryl methyl sites for hydroxylation is 1. The van der Waals surface area contributed by atoms with Gasteiger partial charge in [-0.2, -0.15) is 0 Å². The number of likely N-dealkylation sites (N-methyl/N-ethyl adjacent to an activating group) is 1. The van der Waals surface area contributed by atoms with Gasteiger partial charge in [-0.3, -0.25) is 29.1 Å². The van der Waals surface area contributed by atoms with E-state index in [2.05, 4.69) is 5.32 Å². The lowest BCUT2D eigenvalue weighted by molar-refractivity contribution is -0.385. The number of hydrogen-bond acceptors (Lipinski definition) is 5. The molecule has 0 fully saturated rings. The normalized spacial score (nSPS) is 10.3. The van der Waals surface area contributed by atoms with E-state index in [9.17, 15) is 24.5 Å². The Labute approximate surface area is 155 Å². The fraction of sp³-hybridized carbons (Fsp3) is 0.278. The van der Waals surface area contributed by atoms with Gasteiger partial charge in [0.05, 0.1) is 17.7 Å². The van der Waals surface area contributed by atoms with Crippen LogP contribution in [0.1, 0.15) is 12.5 Å². The van der Waals surface area contributed by atoms with Crippen molar-refractivity contribution in [1.29, 1.82) is 0 Å². The summed E-state index contributed by atoms with van der Waals surface area (Å²) in [6, 6.07) is 9.46. The van der Waals surface area contributed by atoms with Gasteiger partial charge in [0.1, 0.15) is 6.54 Å². The third kappa shape index (κ3) is 5.24. The van der Waals surface area contributed by atoms with E-state index < -0.39 is 22.9 Å². The smallest absolute Gasteiger partial charge is 0.285 e. The number of hydrogen-bond donors (Lipinski definition) is 1. The Balaban J connectivity index is 2.01. The lowest BCUT2D eigenvalue weighted by Gasteiger charge is -2.18. The van der Waals surface area contributed by atoms with Gasteiger partial charge in [0.15, 0.2) is 0 Å². The zero-order chi connectivity index (χ0) is 20.0. The fourth-order valence-electron chi connectivity index (χ4n) is 2.46. The van der Waals surface area contributed by atoms with Crippen molar-refractivity contribution < 1.29 is 14.5 Å². The summed E-state index contributed by atoms with van der Waals surface area (Å²) >= 11 is 0. The van der Waals surface area contributed by atoms with E-state index in [-0.39, 0.29) is 18.1 Å². The summed E-state index contributed by atoms with van der Waals surface area (Å²) in [5.41, 5.74) is 0.825. The summed E-state index contributed by atoms with van der Waals surface area (Å²) in [5, 5.41) is 13.6. The molecule has 9 heteroatoms. The van der Waals surface area contributed by atoms with Gasteiger partial charge in [-0.15, -0.1) is 0 Å². The van der Waals surface area contributed by atoms with Crippen LogP contribution in [-0.4, -0.2) is 39.8 Å². The van der Waals surface area contributed by atoms with E-state index in [1.54, 1.807) is 12.1 Å². The molecular weight excluding hydrogens is 352 g/mol. The van der Waals surface area contributed by atoms with Gasteiger partial charge in [0.25, 0.3) is 11.2 Å². The SMILES string of the molecule is CCc1ccccc1NC(=O)CN(C)C(=O)Cn1cc([N+](=O)[O-])ccc1=O. The largest absolute Gasteiger partial charge is 0.335 e. The topological polar surface area (TPSA) is 115 Å². The predicted octanol–water partition coefficient (Wildman–Crippen LogP) is 1.42. The molecule has 0 unspecified atom stereocenters. The molecule has 27 heavy (non-hydrogen) atoms. The molecule has 0 saturated carbocycles. The number of carbonyl (C=O) groups excluding carboxylic acids is 2. The van der Waals surface area contributed by atoms with Crippen molar-refractivity contribution in [3.05, 3.63) is 68.6 Å². The Morgan fingerprint density at radius 2 is 1.93 bits per heavy atom. The summed E-state index contributed by atoms with van der Waals surface area (Å²) < 4.78 is 0.946. The summed E-state index contributed by atoms with van der Waals surface area (Å²) in [6.07, 6.45) is 1.76. The Hall–Kier alpha value is -3.49. The number of rotatable bonds is 7. The minimum atomic E-state index is -0.650. The van der Waals surface area contributed by atoms with Crippen LogP contribution in [0.2, 0.25) is 0 Å². The van der Waals surface area contributed by atoms with Crippen LogP contribution in [0.4, 0.5) is 11.4 Å². The van der Waals surface area contributed by atoms with E-state index in [1.807, 2.05) is 19.1 Å². The highest BCUT2D eigenvalue weighted by molar-refractivity contribution is 5.95. The Morgan fingerprint density at radius 1 is 1.22 bits per heavy atom. The van der Waals surface area contributed by atoms with Gasteiger partial charge in [-0.1, -0.05) is 25.1 Å². The lowest BCUT2D eigenvalue weighted by Crippen LogP contribution is -2.38. The van der Waals surface area contributed by atoms with E-state index >= 15 is 0 Å². The molecule has 0 atom stereocenters. The fourth-order valence-corrected chi connectivity index (χ4v) is 2.46. The first kappa shape index (κ1) is 19.8. The Morgan fingerprint density at radius 3 is 2.59 bits per heavy atom. The molecule has 2 rings (SSSR count). The van der Waals surface area contributed by atoms with Gasteiger partial charge in [0, 0.05) is 24.9 Å². The highest BCUT2D eigenvalue weighted by Gasteiger charge is 2.16. The van der Waals surface area contributed by atoms with Crippen molar-refractivity contribution in [2.45, 2.75) is 19.9 Å². The zero-order valence-corrected chi connectivity index (χ0v) is 15.0. The van der Waals surface area contributed by atoms with Crippen molar-refractivity contribution >= 4 is 23.2 Å². The average molecular weight is 372 g/mol. The molecule has 0 saturated heterocycles. The number of anilines is 1. The monoisotopic (exact) mass is 372 g/mol. The first-order valence-corrected chi connectivity index (χ1v) is 8.28. The zero-order valence-electron chi connectivity index (χ0n) is 15.0. The average Bonchev–Trinajstić information content (AvgIpc) is 2.63. The third-order valence-electron chi connectivity index (χ3n) is 3.96. The first-order chi connectivity index (χ1) is 12.8. The Kier molecular flexibility index (Phi) is 6.42. The standard InChI is InChI=1S/C18H20N4O5/c1-3-13-6-4-5-7-15(13)19-16(23)11-20(2)18(25)12-21-10-14(22(26)27)8-9-17(21)24/h4-10H,3,11-12H2,1-2H3,(H,19,23). The number of benzene rings is 1. The molecule has 0 aliphatic heterocycles. The highest BCUT2D eigenvalue weighted by Crippen LogP contribution is 2.15. The van der Waals surface area contributed by atoms with Crippen molar-refractivity contribution in [1.82, 2.24) is 9.47 Å². The van der Waals surface area contributed by atoms with Crippen molar-refractivity contribution in [2.75, 3.05) is 18.9 Å². The van der Waals surface area contributed by atoms with Gasteiger partial charge in [-0.25, -0.2) is 0 Å². The second-order valence-corrected chi connectivity index (χ2v) is 5.92. The highest BCUT2D eigenvalue weighted by atomic mass is 16.6. The van der Waals surface area contributed by atoms with E-state index in [4.69, 9.17) is 0 Å². The van der Waals surface area contributed by atoms with Crippen LogP contribution in [0.5, 0.6) is 0 Å². The molecule has 0 aliphatic rings. The molecule has 0 radical (unpaired) electrons. The molecule has 1 aromatic heterocycles. The summed E-state index contributed by atoms with van der Waals surface area (Å²) in [6.45, 7) is 1.37. The molecule has 9 nitrogen and oxygen atoms in total. The van der Waals surface area contributed by atoms with Gasteiger partial charge in [0.2, 0.25) is 11.8 Å². The van der Waals surface area contributed by atoms with Crippen LogP contribution in [-0.2, 0) is 22.6 Å². The summed E-state index contributed by atoms with van der Waals surface area (Å²) in [7, 11) is 1.43. The molecule has 1 heterocycles. The van der Waals surface area contributed by atoms with Gasteiger partial charge < -0.3 is 10.2 Å². The number of carbonyl (C=O) groups is 2. The van der Waals surface area contributed by atoms with Crippen LogP contribution < -0.4 is 10.9 Å². The lowest BCUT2D eigenvalue weighted by atomic mass is 10.1. The molecule has 0 spiro atoms. The predicted molar refractivity (Wildman–Crippen MR) is 99.4 cm³/mol. The second kappa shape index (κ2) is 8.75. The maximum atomic E-state index is 12.3. The Bertz CT molecular complexity index is 922. The third-order valence-corrected chi connectivity index (χ3v) is 3.96. The maximum Gasteiger partial charge on any atom is 0.285 e. The van der Waals surface area contributed by atoms with Gasteiger partial charge >= 0.3 is 0 Å². The molecule has 2 aromatic rings. The molecule has 0 aliphatic carbocycles. The minimum absolute atomic E-state index is 0.208. The van der Waals surface area contributed by atoms with Crippen molar-refractivity contribution in [2.24, 2.45) is 0 Å². The van der Waals surface area contributed by atoms with Crippen LogP contribution in [0.3, 0.4) is 0 Å². The van der Waals surface area contributed by atoms with Crippen LogP contribution in [0, 0.1) is 10.1 Å². The van der Waals surface area contributed by atoms with E-state index in [0.29, 0.717) is 5.69 Å². The summed E-state index contributed by atoms with van der Waals surface area (Å²) in [4.78, 5) is 47.6. The second-order valence-electron chi connectivity index (χ2n) is 5.92. The first-order valence-electron chi connectivity index (χ1n) is 8.28. The number of para-hydroxylation sites is 1. The molecule has 2 amide bonds. The number of pyridine rings is 1. The molecule has 1 aromatic carbocycles. The van der Waals surface area contributed by atoms with Crippen molar-refractivity contribution in [3.63, 3.8) is 0 Å². The van der Waals surface area contributed by atoms with Crippen molar-refractivity contribution in [3.8, 4) is 0 Å². The number of nitrogens with zero attached hydrogens (tertiary/aromatic N) is 3. The van der Waals surface area contributed by atoms with E-state index in [1.165, 1.54) is 7.05 Å². The van der Waals surface area contributed by atoms with E-state index in [0.717, 1.165) is 39.8 Å². The quantitative estimate of drug-likeness (QED) is 0.583. The van der Waals surface area contributed by atoms with Crippen LogP contribution >= 0.6 is 0 Å². The molecule has 1 N–H and O–H groups in total. The van der Waals surface area contributed by atoms with Gasteiger partial charge in [-0.05, 0) is 18.1 Å². The van der Waals surface area contributed by atoms with Crippen LogP contribution in [0.15, 0.2) is 47.4 Å². The number of amides is 2. The molecule has 0 bridgehead atoms.